The van der Waals surface area contributed by atoms with Crippen LogP contribution in [0.3, 0.4) is 0 Å². The summed E-state index contributed by atoms with van der Waals surface area (Å²) in [4.78, 5) is 7.20. The van der Waals surface area contributed by atoms with Gasteiger partial charge in [0.2, 0.25) is 5.82 Å². The van der Waals surface area contributed by atoms with Gasteiger partial charge in [-0.1, -0.05) is 81.4 Å². The zero-order chi connectivity index (χ0) is 29.9. The summed E-state index contributed by atoms with van der Waals surface area (Å²) in [5, 5.41) is 7.20. The molecule has 0 radical (unpaired) electrons. The van der Waals surface area contributed by atoms with Gasteiger partial charge < -0.3 is 4.43 Å². The maximum atomic E-state index is 13.3. The highest BCUT2D eigenvalue weighted by atomic mass is 28.4. The third-order valence-electron chi connectivity index (χ3n) is 8.93. The summed E-state index contributed by atoms with van der Waals surface area (Å²) in [6.07, 6.45) is -1.38. The van der Waals surface area contributed by atoms with Crippen molar-refractivity contribution in [2.24, 2.45) is 11.8 Å². The summed E-state index contributed by atoms with van der Waals surface area (Å²) in [5.74, 6) is 0.0987. The van der Waals surface area contributed by atoms with Gasteiger partial charge in [0.25, 0.3) is 8.32 Å². The van der Waals surface area contributed by atoms with Crippen LogP contribution in [0.5, 0.6) is 0 Å². The molecule has 2 atom stereocenters. The van der Waals surface area contributed by atoms with Gasteiger partial charge in [0, 0.05) is 30.0 Å². The van der Waals surface area contributed by atoms with E-state index in [0.29, 0.717) is 23.4 Å². The van der Waals surface area contributed by atoms with E-state index < -0.39 is 20.3 Å². The third-order valence-corrected chi connectivity index (χ3v) is 14.0. The minimum Gasteiger partial charge on any atom is -0.404 e. The Balaban J connectivity index is 1.27. The van der Waals surface area contributed by atoms with Crippen molar-refractivity contribution < 1.29 is 17.6 Å². The monoisotopic (exact) mass is 590 g/mol. The quantitative estimate of drug-likeness (QED) is 0.217. The maximum Gasteiger partial charge on any atom is 0.451 e. The Kier molecular flexibility index (Phi) is 7.17. The normalized spacial score (nSPS) is 22.4. The molecule has 0 aliphatic heterocycles. The van der Waals surface area contributed by atoms with E-state index in [0.717, 1.165) is 24.7 Å². The summed E-state index contributed by atoms with van der Waals surface area (Å²) in [6, 6.07) is 25.0. The number of hydrogen-bond acceptors (Lipinski definition) is 4. The largest absolute Gasteiger partial charge is 0.451 e. The van der Waals surface area contributed by atoms with E-state index in [9.17, 15) is 13.2 Å². The Morgan fingerprint density at radius 3 is 1.93 bits per heavy atom. The average molecular weight is 591 g/mol. The molecule has 0 amide bonds. The Morgan fingerprint density at radius 2 is 1.43 bits per heavy atom. The Morgan fingerprint density at radius 1 is 0.857 bits per heavy atom. The van der Waals surface area contributed by atoms with Crippen molar-refractivity contribution >= 4 is 18.7 Å². The highest BCUT2D eigenvalue weighted by molar-refractivity contribution is 6.99. The van der Waals surface area contributed by atoms with Crippen molar-refractivity contribution in [2.45, 2.75) is 76.7 Å². The fourth-order valence-corrected chi connectivity index (χ4v) is 11.8. The molecule has 5 nitrogen and oxygen atoms in total. The van der Waals surface area contributed by atoms with Gasteiger partial charge in [-0.05, 0) is 66.1 Å². The molecule has 6 rings (SSSR count). The molecule has 0 saturated heterocycles. The van der Waals surface area contributed by atoms with Gasteiger partial charge in [0.15, 0.2) is 0 Å². The van der Waals surface area contributed by atoms with E-state index in [4.69, 9.17) is 9.52 Å². The van der Waals surface area contributed by atoms with Crippen LogP contribution >= 0.6 is 0 Å². The average Bonchev–Trinajstić information content (AvgIpc) is 3.27. The van der Waals surface area contributed by atoms with Gasteiger partial charge in [-0.2, -0.15) is 18.3 Å². The number of benzene rings is 2. The molecule has 4 aromatic rings. The van der Waals surface area contributed by atoms with Crippen molar-refractivity contribution in [1.29, 1.82) is 0 Å². The van der Waals surface area contributed by atoms with Crippen molar-refractivity contribution in [2.75, 3.05) is 0 Å². The molecule has 2 aliphatic carbocycles. The molecule has 2 saturated carbocycles. The molecule has 2 aromatic heterocycles. The highest BCUT2D eigenvalue weighted by Gasteiger charge is 2.61. The van der Waals surface area contributed by atoms with E-state index in [1.54, 1.807) is 0 Å². The van der Waals surface area contributed by atoms with E-state index >= 15 is 0 Å². The van der Waals surface area contributed by atoms with E-state index in [1.807, 2.05) is 10.7 Å². The fraction of sp³-hybridized carbons (Fsp3) is 0.424. The molecule has 2 unspecified atom stereocenters. The van der Waals surface area contributed by atoms with E-state index in [-0.39, 0.29) is 22.9 Å². The number of hydrogen-bond donors (Lipinski definition) is 0. The van der Waals surface area contributed by atoms with E-state index in [1.165, 1.54) is 16.4 Å². The van der Waals surface area contributed by atoms with Crippen LogP contribution in [-0.2, 0) is 10.6 Å². The summed E-state index contributed by atoms with van der Waals surface area (Å²) < 4.78 is 49.2. The second-order valence-electron chi connectivity index (χ2n) is 13.0. The summed E-state index contributed by atoms with van der Waals surface area (Å²) >= 11 is 0. The standard InChI is InChI=1S/C33H37F3N4OSi/c1-21(2)40-29(20-28(39-40)27-16-17-37-31(38-27)33(34,35)36)30-25-18-22(19-26(25)30)41-42(32(3,4)5,23-12-8-6-9-13-23)24-14-10-7-11-15-24/h6-17,20-22,25-26,30H,18-19H2,1-5H3. The lowest BCUT2D eigenvalue weighted by Crippen LogP contribution is -2.67. The van der Waals surface area contributed by atoms with Crippen LogP contribution in [0.1, 0.15) is 70.9 Å². The summed E-state index contributed by atoms with van der Waals surface area (Å²) in [6.45, 7) is 11.0. The molecule has 42 heavy (non-hydrogen) atoms. The Bertz CT molecular complexity index is 1500. The number of aromatic nitrogens is 4. The van der Waals surface area contributed by atoms with Crippen LogP contribution in [0.4, 0.5) is 13.2 Å². The molecule has 2 aliphatic rings. The molecule has 2 heterocycles. The van der Waals surface area contributed by atoms with Crippen molar-refractivity contribution in [3.8, 4) is 11.4 Å². The van der Waals surface area contributed by atoms with Gasteiger partial charge >= 0.3 is 6.18 Å². The minimum atomic E-state index is -4.60. The second-order valence-corrected chi connectivity index (χ2v) is 17.2. The molecule has 0 N–H and O–H groups in total. The molecule has 9 heteroatoms. The third kappa shape index (κ3) is 5.00. The van der Waals surface area contributed by atoms with Crippen LogP contribution in [0.2, 0.25) is 5.04 Å². The minimum absolute atomic E-state index is 0.0724. The predicted molar refractivity (Wildman–Crippen MR) is 160 cm³/mol. The zero-order valence-electron chi connectivity index (χ0n) is 24.6. The summed E-state index contributed by atoms with van der Waals surface area (Å²) in [7, 11) is -2.64. The number of fused-ring (bicyclic) bond motifs is 1. The maximum absolute atomic E-state index is 13.3. The SMILES string of the molecule is CC(C)n1nc(-c2ccnc(C(F)(F)F)n2)cc1C1C2CC(O[Si](c3ccccc3)(c3ccccc3)C(C)(C)C)CC21. The van der Waals surface area contributed by atoms with Crippen molar-refractivity contribution in [3.63, 3.8) is 0 Å². The summed E-state index contributed by atoms with van der Waals surface area (Å²) in [5.41, 5.74) is 1.72. The zero-order valence-corrected chi connectivity index (χ0v) is 25.6. The number of rotatable bonds is 7. The van der Waals surface area contributed by atoms with Gasteiger partial charge in [-0.15, -0.1) is 0 Å². The number of halogens is 3. The van der Waals surface area contributed by atoms with Crippen LogP contribution in [0.15, 0.2) is 79.0 Å². The number of alkyl halides is 3. The van der Waals surface area contributed by atoms with E-state index in [2.05, 4.69) is 105 Å². The van der Waals surface area contributed by atoms with Crippen LogP contribution in [0.25, 0.3) is 11.4 Å². The molecule has 2 aromatic carbocycles. The molecular formula is C33H37F3N4OSi. The molecule has 2 fully saturated rings. The van der Waals surface area contributed by atoms with Gasteiger partial charge in [-0.25, -0.2) is 9.97 Å². The van der Waals surface area contributed by atoms with Gasteiger partial charge in [0.1, 0.15) is 5.69 Å². The lowest BCUT2D eigenvalue weighted by atomic mass is 10.1. The van der Waals surface area contributed by atoms with Crippen LogP contribution in [0, 0.1) is 11.8 Å². The number of nitrogens with zero attached hydrogens (tertiary/aromatic N) is 4. The molecule has 0 spiro atoms. The fourth-order valence-electron chi connectivity index (χ4n) is 7.10. The van der Waals surface area contributed by atoms with Crippen molar-refractivity contribution in [3.05, 3.63) is 90.5 Å². The van der Waals surface area contributed by atoms with Gasteiger partial charge in [0.05, 0.1) is 5.69 Å². The first-order chi connectivity index (χ1) is 19.9. The van der Waals surface area contributed by atoms with Gasteiger partial charge in [-0.3, -0.25) is 4.68 Å². The first kappa shape index (κ1) is 28.8. The topological polar surface area (TPSA) is 52.8 Å². The lowest BCUT2D eigenvalue weighted by molar-refractivity contribution is -0.144. The Labute approximate surface area is 246 Å². The van der Waals surface area contributed by atoms with Crippen LogP contribution in [-0.4, -0.2) is 34.2 Å². The van der Waals surface area contributed by atoms with Crippen molar-refractivity contribution in [1.82, 2.24) is 19.7 Å². The first-order valence-corrected chi connectivity index (χ1v) is 16.6. The van der Waals surface area contributed by atoms with Crippen LogP contribution < -0.4 is 10.4 Å². The molecule has 220 valence electrons. The smallest absolute Gasteiger partial charge is 0.404 e. The molecule has 0 bridgehead atoms. The highest BCUT2D eigenvalue weighted by Crippen LogP contribution is 2.64. The Hall–Kier alpha value is -3.30. The lowest BCUT2D eigenvalue weighted by Gasteiger charge is -2.45. The first-order valence-electron chi connectivity index (χ1n) is 14.7. The molecular weight excluding hydrogens is 553 g/mol. The predicted octanol–water partition coefficient (Wildman–Crippen LogP) is 7.01. The second kappa shape index (κ2) is 10.5.